The van der Waals surface area contributed by atoms with Crippen molar-refractivity contribution in [3.63, 3.8) is 0 Å². The third-order valence-electron chi connectivity index (χ3n) is 7.24. The number of benzene rings is 2. The molecule has 0 fully saturated rings. The number of halogens is 2. The van der Waals surface area contributed by atoms with Gasteiger partial charge in [0.2, 0.25) is 11.6 Å². The molecule has 4 rings (SSSR count). The second-order valence-electron chi connectivity index (χ2n) is 10.9. The fourth-order valence-corrected chi connectivity index (χ4v) is 6.92. The van der Waals surface area contributed by atoms with E-state index in [4.69, 9.17) is 23.2 Å². The van der Waals surface area contributed by atoms with Gasteiger partial charge < -0.3 is 9.45 Å². The van der Waals surface area contributed by atoms with Gasteiger partial charge in [0.15, 0.2) is 21.7 Å². The molecule has 2 aliphatic rings. The van der Waals surface area contributed by atoms with Gasteiger partial charge in [0.25, 0.3) is 10.1 Å². The van der Waals surface area contributed by atoms with Crippen LogP contribution in [0.25, 0.3) is 0 Å². The fourth-order valence-electron chi connectivity index (χ4n) is 5.38. The molecule has 0 aromatic heterocycles. The molecule has 13 heteroatoms. The predicted molar refractivity (Wildman–Crippen MR) is 163 cm³/mol. The Morgan fingerprint density at radius 1 is 0.881 bits per heavy atom. The Bertz CT molecular complexity index is 1780. The zero-order valence-electron chi connectivity index (χ0n) is 23.9. The number of anilines is 1. The Labute approximate surface area is 300 Å². The molecule has 218 valence electrons. The maximum absolute atomic E-state index is 11.8. The van der Waals surface area contributed by atoms with E-state index in [9.17, 15) is 25.9 Å². The molecule has 1 N–H and O–H groups in total. The average molecular weight is 677 g/mol. The molecular weight excluding hydrogens is 646 g/mol. The van der Waals surface area contributed by atoms with E-state index >= 15 is 0 Å². The number of allylic oxidation sites excluding steroid dienone is 8. The van der Waals surface area contributed by atoms with Crippen LogP contribution in [0.1, 0.15) is 38.8 Å². The van der Waals surface area contributed by atoms with Crippen LogP contribution in [0.5, 0.6) is 0 Å². The van der Waals surface area contributed by atoms with Crippen LogP contribution in [0.3, 0.4) is 0 Å². The van der Waals surface area contributed by atoms with E-state index in [2.05, 4.69) is 0 Å². The van der Waals surface area contributed by atoms with E-state index in [0.717, 1.165) is 11.1 Å². The van der Waals surface area contributed by atoms with Crippen LogP contribution >= 0.6 is 23.2 Å². The summed E-state index contributed by atoms with van der Waals surface area (Å²) in [6, 6.07) is 10.3. The van der Waals surface area contributed by atoms with Crippen molar-refractivity contribution in [1.29, 1.82) is 0 Å². The van der Waals surface area contributed by atoms with Gasteiger partial charge in [0.1, 0.15) is 0 Å². The van der Waals surface area contributed by atoms with E-state index in [-0.39, 0.29) is 51.4 Å². The van der Waals surface area contributed by atoms with Crippen molar-refractivity contribution >= 4 is 60.5 Å². The molecule has 0 saturated heterocycles. The molecule has 0 amide bonds. The van der Waals surface area contributed by atoms with E-state index in [1.54, 1.807) is 83.8 Å². The first-order valence-corrected chi connectivity index (χ1v) is 16.5. The van der Waals surface area contributed by atoms with Gasteiger partial charge in [-0.15, -0.1) is 0 Å². The molecule has 0 aliphatic carbocycles. The second-order valence-corrected chi connectivity index (χ2v) is 14.6. The molecule has 2 aliphatic heterocycles. The standard InChI is InChI=1S/C29H30Cl2N2O6S2.K/c1-28(2)22-16-20(30)12-14-24(22)32(18-40(34,35)36)26(28)10-8-6-5-7-9-11-27-29(3,4)23-17-21(31)13-15-25(23)33(27)19-41(37,38)39;/h5-17H,18-19H2,1-4H3,(H-,34,35,36,37,38,39);/q;+1. The number of rotatable bonds is 8. The van der Waals surface area contributed by atoms with Gasteiger partial charge in [-0.2, -0.15) is 13.0 Å². The summed E-state index contributed by atoms with van der Waals surface area (Å²) < 4.78 is 69.6. The second kappa shape index (κ2) is 13.1. The third kappa shape index (κ3) is 7.75. The SMILES string of the molecule is CC1(C)C(/C=C/C=C/C=C/C=C2/N(CS(=O)(=O)O)c3ccc(Cl)cc3C2(C)C)=[N+](CS(=O)(=O)[O-])c2ccc(Cl)cc21.[K+]. The molecule has 2 aromatic carbocycles. The van der Waals surface area contributed by atoms with E-state index in [0.29, 0.717) is 32.8 Å². The number of hydrogen-bond acceptors (Lipinski definition) is 6. The molecule has 0 atom stereocenters. The summed E-state index contributed by atoms with van der Waals surface area (Å²) in [6.45, 7) is 7.76. The average Bonchev–Trinajstić information content (AvgIpc) is 3.15. The Hall–Kier alpha value is -1.09. The van der Waals surface area contributed by atoms with Crippen molar-refractivity contribution in [2.75, 3.05) is 16.7 Å². The zero-order chi connectivity index (χ0) is 30.4. The van der Waals surface area contributed by atoms with E-state index in [1.165, 1.54) is 4.58 Å². The number of hydrogen-bond donors (Lipinski definition) is 1. The minimum atomic E-state index is -4.55. The largest absolute Gasteiger partial charge is 1.00 e. The van der Waals surface area contributed by atoms with Crippen molar-refractivity contribution in [2.45, 2.75) is 38.5 Å². The van der Waals surface area contributed by atoms with Crippen LogP contribution in [0.2, 0.25) is 10.0 Å². The summed E-state index contributed by atoms with van der Waals surface area (Å²) in [5.74, 6) is -1.30. The monoisotopic (exact) mass is 675 g/mol. The summed E-state index contributed by atoms with van der Waals surface area (Å²) >= 11 is 12.4. The normalized spacial score (nSPS) is 18.9. The quantitative estimate of drug-likeness (QED) is 0.198. The van der Waals surface area contributed by atoms with Gasteiger partial charge in [0, 0.05) is 44.6 Å². The predicted octanol–water partition coefficient (Wildman–Crippen LogP) is 3.07. The molecule has 42 heavy (non-hydrogen) atoms. The van der Waals surface area contributed by atoms with Gasteiger partial charge >= 0.3 is 51.4 Å². The van der Waals surface area contributed by atoms with Crippen LogP contribution < -0.4 is 56.3 Å². The summed E-state index contributed by atoms with van der Waals surface area (Å²) in [6.07, 6.45) is 12.3. The molecule has 0 bridgehead atoms. The maximum Gasteiger partial charge on any atom is 1.00 e. The van der Waals surface area contributed by atoms with Crippen molar-refractivity contribution in [2.24, 2.45) is 0 Å². The van der Waals surface area contributed by atoms with Crippen LogP contribution in [0, 0.1) is 0 Å². The summed E-state index contributed by atoms with van der Waals surface area (Å²) in [4.78, 5) is 1.55. The van der Waals surface area contributed by atoms with Crippen LogP contribution in [0.4, 0.5) is 11.4 Å². The molecule has 2 heterocycles. The van der Waals surface area contributed by atoms with Crippen molar-refractivity contribution in [3.8, 4) is 0 Å². The van der Waals surface area contributed by atoms with E-state index in [1.807, 2.05) is 27.7 Å². The molecule has 8 nitrogen and oxygen atoms in total. The van der Waals surface area contributed by atoms with Crippen molar-refractivity contribution < 1.29 is 81.9 Å². The molecule has 0 radical (unpaired) electrons. The maximum atomic E-state index is 11.8. The van der Waals surface area contributed by atoms with Gasteiger partial charge in [-0.25, -0.2) is 8.42 Å². The number of nitrogens with zero attached hydrogens (tertiary/aromatic N) is 2. The van der Waals surface area contributed by atoms with Gasteiger partial charge in [-0.1, -0.05) is 67.4 Å². The minimum Gasteiger partial charge on any atom is -0.743 e. The smallest absolute Gasteiger partial charge is 0.743 e. The first-order chi connectivity index (χ1) is 18.9. The first-order valence-electron chi connectivity index (χ1n) is 12.6. The summed E-state index contributed by atoms with van der Waals surface area (Å²) in [5.41, 5.74) is 3.06. The first kappa shape index (κ1) is 35.4. The molecule has 2 aromatic rings. The molecule has 0 saturated carbocycles. The molecule has 0 spiro atoms. The third-order valence-corrected chi connectivity index (χ3v) is 8.87. The fraction of sp³-hybridized carbons (Fsp3) is 0.276. The Morgan fingerprint density at radius 2 is 1.45 bits per heavy atom. The summed E-state index contributed by atoms with van der Waals surface area (Å²) in [7, 11) is -8.86. The zero-order valence-corrected chi connectivity index (χ0v) is 30.1. The summed E-state index contributed by atoms with van der Waals surface area (Å²) in [5, 5.41) is 1.04. The van der Waals surface area contributed by atoms with Crippen molar-refractivity contribution in [1.82, 2.24) is 0 Å². The minimum absolute atomic E-state index is 0. The van der Waals surface area contributed by atoms with Gasteiger partial charge in [-0.05, 0) is 55.8 Å². The van der Waals surface area contributed by atoms with Crippen LogP contribution in [-0.2, 0) is 31.1 Å². The van der Waals surface area contributed by atoms with Crippen molar-refractivity contribution in [3.05, 3.63) is 106 Å². The Balaban J connectivity index is 0.00000484. The Morgan fingerprint density at radius 3 is 2.07 bits per heavy atom. The molecule has 0 unspecified atom stereocenters. The number of fused-ring (bicyclic) bond motifs is 2. The van der Waals surface area contributed by atoms with Gasteiger partial charge in [-0.3, -0.25) is 4.55 Å². The van der Waals surface area contributed by atoms with Gasteiger partial charge in [0.05, 0.1) is 5.41 Å². The van der Waals surface area contributed by atoms with Crippen LogP contribution in [0.15, 0.2) is 84.6 Å². The van der Waals surface area contributed by atoms with Crippen LogP contribution in [-0.4, -0.2) is 48.0 Å². The van der Waals surface area contributed by atoms with E-state index < -0.39 is 42.8 Å². The Kier molecular flexibility index (Phi) is 11.0. The molecular formula is C29H30Cl2KN2O6S2+. The topological polar surface area (TPSA) is 118 Å².